The Balaban J connectivity index is 1.14. The molecule has 7 aromatic carbocycles. The molecule has 3 nitrogen and oxygen atoms in total. The quantitative estimate of drug-likeness (QED) is 0.161. The normalized spacial score (nSPS) is 22.0. The lowest BCUT2D eigenvalue weighted by Crippen LogP contribution is -2.62. The fraction of sp³-hybridized carbons (Fsp3) is 0.444. The van der Waals surface area contributed by atoms with Crippen LogP contribution in [0, 0.1) is 0 Å². The van der Waals surface area contributed by atoms with Crippen LogP contribution in [-0.2, 0) is 43.3 Å². The van der Waals surface area contributed by atoms with Crippen molar-refractivity contribution in [3.05, 3.63) is 148 Å². The molecule has 76 heavy (non-hydrogen) atoms. The molecule has 3 heterocycles. The first-order valence-electron chi connectivity index (χ1n) is 29.3. The Labute approximate surface area is 455 Å². The molecule has 0 unspecified atom stereocenters. The third-order valence-electron chi connectivity index (χ3n) is 21.7. The summed E-state index contributed by atoms with van der Waals surface area (Å²) in [5.41, 5.74) is 26.1. The molecular weight excluding hydrogens is 920 g/mol. The second kappa shape index (κ2) is 15.1. The van der Waals surface area contributed by atoms with Gasteiger partial charge in [0.05, 0.1) is 0 Å². The van der Waals surface area contributed by atoms with Crippen molar-refractivity contribution in [2.45, 2.75) is 205 Å². The van der Waals surface area contributed by atoms with Crippen molar-refractivity contribution in [1.82, 2.24) is 0 Å². The molecule has 4 heteroatoms. The summed E-state index contributed by atoms with van der Waals surface area (Å²) in [5.74, 6) is 0. The number of hydrogen-bond donors (Lipinski definition) is 0. The lowest BCUT2D eigenvalue weighted by molar-refractivity contribution is 0.332. The Morgan fingerprint density at radius 3 is 1.39 bits per heavy atom. The van der Waals surface area contributed by atoms with Crippen molar-refractivity contribution in [2.24, 2.45) is 0 Å². The van der Waals surface area contributed by atoms with Gasteiger partial charge in [-0.15, -0.1) is 0 Å². The van der Waals surface area contributed by atoms with Crippen molar-refractivity contribution in [3.8, 4) is 11.1 Å². The molecule has 0 radical (unpaired) electrons. The van der Waals surface area contributed by atoms with E-state index in [1.54, 1.807) is 0 Å². The van der Waals surface area contributed by atoms with Gasteiger partial charge >= 0.3 is 6.85 Å². The van der Waals surface area contributed by atoms with Crippen molar-refractivity contribution in [3.63, 3.8) is 0 Å². The maximum absolute atomic E-state index is 7.27. The lowest BCUT2D eigenvalue weighted by atomic mass is 9.42. The Morgan fingerprint density at radius 2 is 0.816 bits per heavy atom. The topological polar surface area (TPSA) is 19.6 Å². The van der Waals surface area contributed by atoms with Crippen LogP contribution in [0.3, 0.4) is 0 Å². The number of fused-ring (bicyclic) bond motifs is 13. The summed E-state index contributed by atoms with van der Waals surface area (Å²) in [6, 6.07) is 42.5. The molecule has 0 saturated carbocycles. The van der Waals surface area contributed by atoms with Crippen LogP contribution >= 0.6 is 0 Å². The van der Waals surface area contributed by atoms with Gasteiger partial charge in [0, 0.05) is 50.8 Å². The van der Waals surface area contributed by atoms with E-state index < -0.39 is 0 Å². The Morgan fingerprint density at radius 1 is 0.368 bits per heavy atom. The molecule has 14 rings (SSSR count). The number of anilines is 5. The Kier molecular flexibility index (Phi) is 9.65. The molecule has 0 amide bonds. The largest absolute Gasteiger partial charge is 0.456 e. The van der Waals surface area contributed by atoms with Gasteiger partial charge in [-0.2, -0.15) is 0 Å². The van der Waals surface area contributed by atoms with Crippen LogP contribution in [0.1, 0.15) is 207 Å². The Bertz CT molecular complexity index is 3870. The van der Waals surface area contributed by atoms with Gasteiger partial charge in [-0.3, -0.25) is 0 Å². The van der Waals surface area contributed by atoms with E-state index in [-0.39, 0.29) is 50.2 Å². The van der Waals surface area contributed by atoms with E-state index in [9.17, 15) is 0 Å². The first-order chi connectivity index (χ1) is 35.6. The van der Waals surface area contributed by atoms with Gasteiger partial charge in [-0.05, 0) is 221 Å². The number of nitrogens with zero attached hydrogens (tertiary/aromatic N) is 2. The molecule has 0 spiro atoms. The zero-order chi connectivity index (χ0) is 53.4. The van der Waals surface area contributed by atoms with Crippen LogP contribution in [0.2, 0.25) is 0 Å². The molecule has 0 saturated heterocycles. The smallest absolute Gasteiger partial charge is 0.333 e. The minimum absolute atomic E-state index is 0.0141. The average Bonchev–Trinajstić information content (AvgIpc) is 3.81. The molecule has 388 valence electrons. The molecular formula is C72H81BN2O. The van der Waals surface area contributed by atoms with Crippen molar-refractivity contribution >= 4 is 78.9 Å². The summed E-state index contributed by atoms with van der Waals surface area (Å²) < 4.78 is 7.27. The van der Waals surface area contributed by atoms with E-state index >= 15 is 0 Å². The van der Waals surface area contributed by atoms with E-state index in [1.807, 2.05) is 0 Å². The minimum Gasteiger partial charge on any atom is -0.456 e. The van der Waals surface area contributed by atoms with Gasteiger partial charge in [0.15, 0.2) is 0 Å². The summed E-state index contributed by atoms with van der Waals surface area (Å²) in [7, 11) is 0. The number of hydrogen-bond acceptors (Lipinski definition) is 3. The van der Waals surface area contributed by atoms with Gasteiger partial charge in [0.2, 0.25) is 0 Å². The molecule has 0 N–H and O–H groups in total. The predicted octanol–water partition coefficient (Wildman–Crippen LogP) is 18.8. The summed E-state index contributed by atoms with van der Waals surface area (Å²) in [6.45, 7) is 39.4. The van der Waals surface area contributed by atoms with Gasteiger partial charge < -0.3 is 14.1 Å². The highest BCUT2D eigenvalue weighted by atomic mass is 16.3. The first kappa shape index (κ1) is 48.6. The number of furan rings is 1. The Hall–Kier alpha value is -5.74. The molecule has 0 bridgehead atoms. The molecule has 0 fully saturated rings. The van der Waals surface area contributed by atoms with Crippen LogP contribution in [0.25, 0.3) is 43.8 Å². The van der Waals surface area contributed by atoms with E-state index in [0.717, 1.165) is 30.4 Å². The molecule has 1 aromatic heterocycles. The van der Waals surface area contributed by atoms with E-state index in [4.69, 9.17) is 4.42 Å². The first-order valence-corrected chi connectivity index (χ1v) is 29.3. The van der Waals surface area contributed by atoms with E-state index in [0.29, 0.717) is 0 Å². The maximum atomic E-state index is 7.27. The van der Waals surface area contributed by atoms with Gasteiger partial charge in [0.25, 0.3) is 0 Å². The molecule has 8 aromatic rings. The SMILES string of the molecule is CC1(C)CCC(C)(C)c2cc(N3B4c5cc6c(cc5N(c5ccc7c(c5)C(C)(C)CCC7(C)C)c5cc7ccccc7c(c54)-c4cc5c(cc43)oc3cc4c(cc35)C(C)(C)CCC4(C)C)C(C)(C)CCC6(C)C)ccc21. The minimum atomic E-state index is -0.124. The molecule has 4 aliphatic carbocycles. The third kappa shape index (κ3) is 6.67. The average molecular weight is 1000 g/mol. The zero-order valence-corrected chi connectivity index (χ0v) is 48.9. The second-order valence-corrected chi connectivity index (χ2v) is 30.4. The second-order valence-electron chi connectivity index (χ2n) is 30.4. The summed E-state index contributed by atoms with van der Waals surface area (Å²) >= 11 is 0. The fourth-order valence-corrected chi connectivity index (χ4v) is 16.1. The zero-order valence-electron chi connectivity index (χ0n) is 48.9. The van der Waals surface area contributed by atoms with Crippen molar-refractivity contribution < 1.29 is 4.42 Å². The van der Waals surface area contributed by atoms with Crippen LogP contribution in [-0.4, -0.2) is 6.85 Å². The van der Waals surface area contributed by atoms with Crippen molar-refractivity contribution in [1.29, 1.82) is 0 Å². The highest BCUT2D eigenvalue weighted by Crippen LogP contribution is 2.57. The number of rotatable bonds is 2. The monoisotopic (exact) mass is 1000 g/mol. The van der Waals surface area contributed by atoms with E-state index in [1.165, 1.54) is 149 Å². The van der Waals surface area contributed by atoms with Crippen LogP contribution in [0.15, 0.2) is 108 Å². The highest BCUT2D eigenvalue weighted by Gasteiger charge is 2.50. The summed E-state index contributed by atoms with van der Waals surface area (Å²) in [6.07, 6.45) is 9.38. The molecule has 0 atom stereocenters. The van der Waals surface area contributed by atoms with Crippen molar-refractivity contribution in [2.75, 3.05) is 9.71 Å². The molecule has 2 aliphatic heterocycles. The summed E-state index contributed by atoms with van der Waals surface area (Å²) in [4.78, 5) is 5.52. The van der Waals surface area contributed by atoms with Gasteiger partial charge in [-0.25, -0.2) is 0 Å². The van der Waals surface area contributed by atoms with Gasteiger partial charge in [0.1, 0.15) is 11.2 Å². The standard InChI is InChI=1S/C72H81BN2O/c1-65(2)25-27-67(5,6)51-34-43(21-23-49(51)65)74-59-39-55-54(70(11,12)30-31-71(55,13)14)38-57(59)73-64-60(74)33-42-19-17-18-20-45(42)63(64)48-36-46-47-37-53-56(72(15,16)32-29-69(53,9)10)40-61(47)76-62(46)41-58(48)75(73)44-22-24-50-52(35-44)68(7,8)28-26-66(50,3)4/h17-24,33-41H,25-32H2,1-16H3. The maximum Gasteiger partial charge on any atom is 0.333 e. The number of benzene rings is 7. The predicted molar refractivity (Wildman–Crippen MR) is 326 cm³/mol. The fourth-order valence-electron chi connectivity index (χ4n) is 16.1. The van der Waals surface area contributed by atoms with Crippen LogP contribution in [0.5, 0.6) is 0 Å². The van der Waals surface area contributed by atoms with E-state index in [2.05, 4.69) is 224 Å². The molecule has 6 aliphatic rings. The lowest BCUT2D eigenvalue weighted by Gasteiger charge is -2.49. The van der Waals surface area contributed by atoms with Crippen LogP contribution < -0.4 is 20.6 Å². The summed E-state index contributed by atoms with van der Waals surface area (Å²) in [5, 5.41) is 5.01. The van der Waals surface area contributed by atoms with Gasteiger partial charge in [-0.1, -0.05) is 153 Å². The van der Waals surface area contributed by atoms with Crippen LogP contribution in [0.4, 0.5) is 28.4 Å². The highest BCUT2D eigenvalue weighted by molar-refractivity contribution is 6.94. The third-order valence-corrected chi connectivity index (χ3v) is 21.7.